The first-order valence-electron chi connectivity index (χ1n) is 9.28. The van der Waals surface area contributed by atoms with Gasteiger partial charge in [-0.05, 0) is 37.1 Å². The van der Waals surface area contributed by atoms with Gasteiger partial charge in [-0.1, -0.05) is 25.1 Å². The highest BCUT2D eigenvalue weighted by Crippen LogP contribution is 2.31. The molecule has 150 valence electrons. The van der Waals surface area contributed by atoms with Crippen molar-refractivity contribution in [2.45, 2.75) is 20.3 Å². The zero-order valence-electron chi connectivity index (χ0n) is 16.9. The molecule has 0 aliphatic rings. The number of hydrogen-bond acceptors (Lipinski definition) is 6. The van der Waals surface area contributed by atoms with Gasteiger partial charge < -0.3 is 20.1 Å². The van der Waals surface area contributed by atoms with Crippen molar-refractivity contribution in [1.29, 1.82) is 0 Å². The first-order chi connectivity index (χ1) is 14.0. The number of carbonyl (C=O) groups excluding carboxylic acids is 1. The number of aromatic nitrogens is 2. The van der Waals surface area contributed by atoms with E-state index in [9.17, 15) is 4.79 Å². The molecule has 3 aromatic rings. The Morgan fingerprint density at radius 2 is 1.76 bits per heavy atom. The number of nitrogens with zero attached hydrogens (tertiary/aromatic N) is 2. The van der Waals surface area contributed by atoms with Gasteiger partial charge in [0.15, 0.2) is 11.5 Å². The van der Waals surface area contributed by atoms with Crippen LogP contribution >= 0.6 is 0 Å². The van der Waals surface area contributed by atoms with Crippen molar-refractivity contribution in [3.8, 4) is 11.5 Å². The summed E-state index contributed by atoms with van der Waals surface area (Å²) in [4.78, 5) is 21.4. The summed E-state index contributed by atoms with van der Waals surface area (Å²) in [6.07, 6.45) is 0.825. The van der Waals surface area contributed by atoms with Gasteiger partial charge in [-0.2, -0.15) is 0 Å². The third-order valence-electron chi connectivity index (χ3n) is 4.37. The Morgan fingerprint density at radius 3 is 2.48 bits per heavy atom. The molecule has 1 aromatic heterocycles. The second-order valence-corrected chi connectivity index (χ2v) is 6.35. The summed E-state index contributed by atoms with van der Waals surface area (Å²) in [5.41, 5.74) is 2.88. The quantitative estimate of drug-likeness (QED) is 0.621. The second-order valence-electron chi connectivity index (χ2n) is 6.35. The number of methoxy groups -OCH3 is 2. The predicted octanol–water partition coefficient (Wildman–Crippen LogP) is 4.36. The fraction of sp³-hybridized carbons (Fsp3) is 0.227. The molecule has 0 atom stereocenters. The number of amides is 1. The Bertz CT molecular complexity index is 1020. The topological polar surface area (TPSA) is 85.4 Å². The monoisotopic (exact) mass is 392 g/mol. The number of para-hydroxylation sites is 1. The lowest BCUT2D eigenvalue weighted by Gasteiger charge is -2.13. The first kappa shape index (κ1) is 20.1. The molecule has 0 aliphatic heterocycles. The van der Waals surface area contributed by atoms with Gasteiger partial charge in [0.25, 0.3) is 5.91 Å². The molecule has 0 spiro atoms. The molecule has 0 aliphatic carbocycles. The minimum Gasteiger partial charge on any atom is -0.493 e. The van der Waals surface area contributed by atoms with E-state index in [0.717, 1.165) is 23.4 Å². The van der Waals surface area contributed by atoms with E-state index in [-0.39, 0.29) is 11.6 Å². The molecule has 1 amide bonds. The lowest BCUT2D eigenvalue weighted by molar-refractivity contribution is 0.102. The fourth-order valence-electron chi connectivity index (χ4n) is 2.95. The van der Waals surface area contributed by atoms with Gasteiger partial charge in [0.05, 0.1) is 14.2 Å². The van der Waals surface area contributed by atoms with Crippen LogP contribution in [0.2, 0.25) is 0 Å². The summed E-state index contributed by atoms with van der Waals surface area (Å²) in [7, 11) is 3.16. The largest absolute Gasteiger partial charge is 0.493 e. The molecule has 7 heteroatoms. The van der Waals surface area contributed by atoms with Crippen molar-refractivity contribution in [3.05, 3.63) is 65.6 Å². The van der Waals surface area contributed by atoms with E-state index in [2.05, 4.69) is 20.6 Å². The third-order valence-corrected chi connectivity index (χ3v) is 4.37. The lowest BCUT2D eigenvalue weighted by atomic mass is 10.1. The van der Waals surface area contributed by atoms with Gasteiger partial charge >= 0.3 is 0 Å². The summed E-state index contributed by atoms with van der Waals surface area (Å²) >= 11 is 0. The van der Waals surface area contributed by atoms with Crippen LogP contribution in [0.4, 0.5) is 17.2 Å². The highest BCUT2D eigenvalue weighted by molar-refractivity contribution is 6.03. The molecule has 0 unspecified atom stereocenters. The molecule has 2 aromatic carbocycles. The minimum atomic E-state index is -0.285. The Balaban J connectivity index is 1.83. The van der Waals surface area contributed by atoms with Crippen LogP contribution in [-0.2, 0) is 6.42 Å². The van der Waals surface area contributed by atoms with Crippen LogP contribution < -0.4 is 20.1 Å². The predicted molar refractivity (Wildman–Crippen MR) is 113 cm³/mol. The molecule has 0 bridgehead atoms. The molecule has 0 saturated heterocycles. The van der Waals surface area contributed by atoms with Crippen LogP contribution in [0, 0.1) is 6.92 Å². The molecule has 2 N–H and O–H groups in total. The van der Waals surface area contributed by atoms with E-state index in [0.29, 0.717) is 23.1 Å². The number of benzene rings is 2. The van der Waals surface area contributed by atoms with Crippen molar-refractivity contribution >= 4 is 23.1 Å². The van der Waals surface area contributed by atoms with E-state index in [1.807, 2.05) is 37.3 Å². The minimum absolute atomic E-state index is 0.284. The van der Waals surface area contributed by atoms with Gasteiger partial charge in [-0.3, -0.25) is 4.79 Å². The summed E-state index contributed by atoms with van der Waals surface area (Å²) < 4.78 is 10.6. The fourth-order valence-corrected chi connectivity index (χ4v) is 2.95. The molecular formula is C22H24N4O3. The van der Waals surface area contributed by atoms with Crippen molar-refractivity contribution in [3.63, 3.8) is 0 Å². The number of aryl methyl sites for hydroxylation is 2. The van der Waals surface area contributed by atoms with Gasteiger partial charge in [-0.15, -0.1) is 0 Å². The molecule has 29 heavy (non-hydrogen) atoms. The molecule has 0 radical (unpaired) electrons. The van der Waals surface area contributed by atoms with E-state index < -0.39 is 0 Å². The van der Waals surface area contributed by atoms with Crippen molar-refractivity contribution in [2.75, 3.05) is 24.9 Å². The van der Waals surface area contributed by atoms with Crippen LogP contribution in [-0.4, -0.2) is 30.1 Å². The number of anilines is 3. The zero-order valence-corrected chi connectivity index (χ0v) is 16.9. The third kappa shape index (κ3) is 4.82. The SMILES string of the molecule is CCc1ccccc1NC(=O)c1cc(Nc2ccc(OC)c(OC)c2)nc(C)n1. The van der Waals surface area contributed by atoms with Crippen LogP contribution in [0.25, 0.3) is 0 Å². The van der Waals surface area contributed by atoms with Crippen LogP contribution in [0.3, 0.4) is 0 Å². The van der Waals surface area contributed by atoms with Crippen LogP contribution in [0.1, 0.15) is 28.8 Å². The average molecular weight is 392 g/mol. The molecule has 1 heterocycles. The smallest absolute Gasteiger partial charge is 0.274 e. The summed E-state index contributed by atoms with van der Waals surface area (Å²) in [6.45, 7) is 3.79. The highest BCUT2D eigenvalue weighted by atomic mass is 16.5. The first-order valence-corrected chi connectivity index (χ1v) is 9.28. The van der Waals surface area contributed by atoms with E-state index in [1.165, 1.54) is 0 Å². The number of rotatable bonds is 7. The Hall–Kier alpha value is -3.61. The average Bonchev–Trinajstić information content (AvgIpc) is 2.73. The maximum absolute atomic E-state index is 12.8. The number of nitrogens with one attached hydrogen (secondary N) is 2. The molecule has 3 rings (SSSR count). The summed E-state index contributed by atoms with van der Waals surface area (Å²) in [5.74, 6) is 1.94. The standard InChI is InChI=1S/C22H24N4O3/c1-5-15-8-6-7-9-17(15)26-22(27)18-13-21(24-14(2)23-18)25-16-10-11-19(28-3)20(12-16)29-4/h6-13H,5H2,1-4H3,(H,26,27)(H,23,24,25). The van der Waals surface area contributed by atoms with Crippen molar-refractivity contribution < 1.29 is 14.3 Å². The molecular weight excluding hydrogens is 368 g/mol. The Kier molecular flexibility index (Phi) is 6.29. The van der Waals surface area contributed by atoms with E-state index >= 15 is 0 Å². The lowest BCUT2D eigenvalue weighted by Crippen LogP contribution is -2.16. The van der Waals surface area contributed by atoms with Gasteiger partial charge in [0.2, 0.25) is 0 Å². The molecule has 7 nitrogen and oxygen atoms in total. The van der Waals surface area contributed by atoms with Crippen LogP contribution in [0.15, 0.2) is 48.5 Å². The molecule has 0 saturated carbocycles. The van der Waals surface area contributed by atoms with E-state index in [1.54, 1.807) is 39.3 Å². The second kappa shape index (κ2) is 9.05. The number of ether oxygens (including phenoxy) is 2. The van der Waals surface area contributed by atoms with Gasteiger partial charge in [0, 0.05) is 23.5 Å². The van der Waals surface area contributed by atoms with Crippen LogP contribution in [0.5, 0.6) is 11.5 Å². The van der Waals surface area contributed by atoms with Gasteiger partial charge in [-0.25, -0.2) is 9.97 Å². The maximum atomic E-state index is 12.8. The number of carbonyl (C=O) groups is 1. The zero-order chi connectivity index (χ0) is 20.8. The molecule has 0 fully saturated rings. The van der Waals surface area contributed by atoms with E-state index in [4.69, 9.17) is 9.47 Å². The highest BCUT2D eigenvalue weighted by Gasteiger charge is 2.13. The Morgan fingerprint density at radius 1 is 1.00 bits per heavy atom. The summed E-state index contributed by atoms with van der Waals surface area (Å²) in [6, 6.07) is 14.8. The number of hydrogen-bond donors (Lipinski definition) is 2. The normalized spacial score (nSPS) is 10.3. The van der Waals surface area contributed by atoms with Crippen molar-refractivity contribution in [2.24, 2.45) is 0 Å². The van der Waals surface area contributed by atoms with Crippen molar-refractivity contribution in [1.82, 2.24) is 9.97 Å². The Labute approximate surface area is 170 Å². The maximum Gasteiger partial charge on any atom is 0.274 e. The van der Waals surface area contributed by atoms with Gasteiger partial charge in [0.1, 0.15) is 17.3 Å². The summed E-state index contributed by atoms with van der Waals surface area (Å²) in [5, 5.41) is 6.12.